The highest BCUT2D eigenvalue weighted by Gasteiger charge is 2.16. The molecule has 0 unspecified atom stereocenters. The van der Waals surface area contributed by atoms with Crippen molar-refractivity contribution in [3.8, 4) is 5.69 Å². The maximum absolute atomic E-state index is 13.6. The summed E-state index contributed by atoms with van der Waals surface area (Å²) in [6, 6.07) is 3.61. The van der Waals surface area contributed by atoms with Crippen molar-refractivity contribution >= 4 is 21.7 Å². The van der Waals surface area contributed by atoms with Gasteiger partial charge in [0.1, 0.15) is 12.1 Å². The smallest absolute Gasteiger partial charge is 0.304 e. The highest BCUT2D eigenvalue weighted by molar-refractivity contribution is 7.92. The molecule has 0 fully saturated rings. The SMILES string of the molecule is O=C(O)CCS(=O)(=O)Nc1cc(-n2cnnn2)ccc1F. The lowest BCUT2D eigenvalue weighted by Gasteiger charge is -2.09. The molecule has 0 aliphatic rings. The number of tetrazole rings is 1. The number of halogens is 1. The van der Waals surface area contributed by atoms with Gasteiger partial charge in [-0.05, 0) is 28.6 Å². The molecule has 2 aromatic rings. The zero-order chi connectivity index (χ0) is 15.5. The third-order valence-electron chi connectivity index (χ3n) is 2.41. The van der Waals surface area contributed by atoms with Gasteiger partial charge in [-0.2, -0.15) is 0 Å². The first-order valence-corrected chi connectivity index (χ1v) is 7.28. The van der Waals surface area contributed by atoms with E-state index in [1.165, 1.54) is 23.1 Å². The summed E-state index contributed by atoms with van der Waals surface area (Å²) >= 11 is 0. The van der Waals surface area contributed by atoms with Crippen molar-refractivity contribution < 1.29 is 22.7 Å². The molecule has 0 aliphatic carbocycles. The van der Waals surface area contributed by atoms with Gasteiger partial charge in [0.05, 0.1) is 23.5 Å². The van der Waals surface area contributed by atoms with Crippen molar-refractivity contribution in [2.75, 3.05) is 10.5 Å². The van der Waals surface area contributed by atoms with Crippen LogP contribution in [0.25, 0.3) is 5.69 Å². The number of nitrogens with one attached hydrogen (secondary N) is 1. The van der Waals surface area contributed by atoms with E-state index in [0.717, 1.165) is 6.07 Å². The Morgan fingerprint density at radius 2 is 2.19 bits per heavy atom. The maximum atomic E-state index is 13.6. The predicted octanol–water partition coefficient (Wildman–Crippen LogP) is 0.0178. The zero-order valence-corrected chi connectivity index (χ0v) is 11.3. The Kier molecular flexibility index (Phi) is 4.12. The lowest BCUT2D eigenvalue weighted by molar-refractivity contribution is -0.136. The van der Waals surface area contributed by atoms with Crippen LogP contribution in [0.1, 0.15) is 6.42 Å². The van der Waals surface area contributed by atoms with Crippen molar-refractivity contribution in [1.29, 1.82) is 0 Å². The minimum Gasteiger partial charge on any atom is -0.481 e. The minimum absolute atomic E-state index is 0.312. The topological polar surface area (TPSA) is 127 Å². The summed E-state index contributed by atoms with van der Waals surface area (Å²) in [5.74, 6) is -2.72. The van der Waals surface area contributed by atoms with Gasteiger partial charge in [-0.15, -0.1) is 5.10 Å². The molecular formula is C10H10FN5O4S. The van der Waals surface area contributed by atoms with Crippen molar-refractivity contribution in [3.63, 3.8) is 0 Å². The van der Waals surface area contributed by atoms with Gasteiger partial charge in [0.25, 0.3) is 0 Å². The highest BCUT2D eigenvalue weighted by Crippen LogP contribution is 2.19. The number of rotatable bonds is 6. The van der Waals surface area contributed by atoms with Gasteiger partial charge in [0.2, 0.25) is 10.0 Å². The first kappa shape index (κ1) is 14.8. The van der Waals surface area contributed by atoms with Gasteiger partial charge < -0.3 is 5.11 Å². The molecule has 112 valence electrons. The fourth-order valence-corrected chi connectivity index (χ4v) is 2.49. The van der Waals surface area contributed by atoms with E-state index in [2.05, 4.69) is 15.5 Å². The fraction of sp³-hybridized carbons (Fsp3) is 0.200. The van der Waals surface area contributed by atoms with Crippen molar-refractivity contribution in [3.05, 3.63) is 30.3 Å². The number of aliphatic carboxylic acids is 1. The quantitative estimate of drug-likeness (QED) is 0.769. The van der Waals surface area contributed by atoms with Crippen LogP contribution in [-0.2, 0) is 14.8 Å². The second kappa shape index (κ2) is 5.83. The van der Waals surface area contributed by atoms with Crippen LogP contribution in [0, 0.1) is 5.82 Å². The molecule has 21 heavy (non-hydrogen) atoms. The number of hydrogen-bond acceptors (Lipinski definition) is 6. The number of carbonyl (C=O) groups is 1. The second-order valence-corrected chi connectivity index (χ2v) is 5.83. The molecule has 0 amide bonds. The van der Waals surface area contributed by atoms with E-state index < -0.39 is 34.0 Å². The molecule has 0 spiro atoms. The van der Waals surface area contributed by atoms with Crippen LogP contribution in [0.4, 0.5) is 10.1 Å². The number of carboxylic acid groups (broad SMARTS) is 1. The third-order valence-corrected chi connectivity index (χ3v) is 3.69. The molecule has 0 saturated carbocycles. The molecular weight excluding hydrogens is 305 g/mol. The van der Waals surface area contributed by atoms with Crippen LogP contribution in [0.2, 0.25) is 0 Å². The van der Waals surface area contributed by atoms with Crippen LogP contribution in [0.3, 0.4) is 0 Å². The number of aromatic nitrogens is 4. The summed E-state index contributed by atoms with van der Waals surface area (Å²) in [7, 11) is -3.97. The van der Waals surface area contributed by atoms with Gasteiger partial charge in [-0.25, -0.2) is 17.5 Å². The Bertz CT molecular complexity index is 747. The highest BCUT2D eigenvalue weighted by atomic mass is 32.2. The largest absolute Gasteiger partial charge is 0.481 e. The number of nitrogens with zero attached hydrogens (tertiary/aromatic N) is 4. The van der Waals surface area contributed by atoms with Crippen LogP contribution in [0.15, 0.2) is 24.5 Å². The molecule has 1 heterocycles. The Morgan fingerprint density at radius 3 is 2.81 bits per heavy atom. The molecule has 0 aliphatic heterocycles. The van der Waals surface area contributed by atoms with E-state index in [-0.39, 0.29) is 5.69 Å². The first-order chi connectivity index (χ1) is 9.87. The number of carboxylic acids is 1. The van der Waals surface area contributed by atoms with Crippen LogP contribution >= 0.6 is 0 Å². The van der Waals surface area contributed by atoms with Crippen LogP contribution in [-0.4, -0.2) is 45.5 Å². The average Bonchev–Trinajstić information content (AvgIpc) is 2.93. The summed E-state index contributed by atoms with van der Waals surface area (Å²) in [6.07, 6.45) is 0.680. The summed E-state index contributed by atoms with van der Waals surface area (Å²) in [6.45, 7) is 0. The normalized spacial score (nSPS) is 11.3. The van der Waals surface area contributed by atoms with E-state index in [0.29, 0.717) is 5.69 Å². The summed E-state index contributed by atoms with van der Waals surface area (Å²) in [5, 5.41) is 18.9. The van der Waals surface area contributed by atoms with Gasteiger partial charge in [-0.3, -0.25) is 9.52 Å². The zero-order valence-electron chi connectivity index (χ0n) is 10.5. The first-order valence-electron chi connectivity index (χ1n) is 5.62. The van der Waals surface area contributed by atoms with E-state index in [1.54, 1.807) is 0 Å². The summed E-state index contributed by atoms with van der Waals surface area (Å²) in [4.78, 5) is 10.4. The van der Waals surface area contributed by atoms with Crippen molar-refractivity contribution in [2.45, 2.75) is 6.42 Å². The molecule has 9 nitrogen and oxygen atoms in total. The molecule has 1 aromatic heterocycles. The molecule has 2 N–H and O–H groups in total. The van der Waals surface area contributed by atoms with Gasteiger partial charge in [0, 0.05) is 0 Å². The Hall–Kier alpha value is -2.56. The fourth-order valence-electron chi connectivity index (χ4n) is 1.45. The van der Waals surface area contributed by atoms with Crippen molar-refractivity contribution in [1.82, 2.24) is 20.2 Å². The summed E-state index contributed by atoms with van der Waals surface area (Å²) < 4.78 is 40.2. The van der Waals surface area contributed by atoms with Gasteiger partial charge in [0.15, 0.2) is 0 Å². The Labute approximate surface area is 118 Å². The summed E-state index contributed by atoms with van der Waals surface area (Å²) in [5.41, 5.74) is 0.0331. The molecule has 0 radical (unpaired) electrons. The molecule has 11 heteroatoms. The van der Waals surface area contributed by atoms with Crippen LogP contribution < -0.4 is 4.72 Å². The average molecular weight is 315 g/mol. The van der Waals surface area contributed by atoms with E-state index in [4.69, 9.17) is 5.11 Å². The van der Waals surface area contributed by atoms with E-state index in [9.17, 15) is 17.6 Å². The Morgan fingerprint density at radius 1 is 1.43 bits per heavy atom. The third kappa shape index (κ3) is 3.95. The van der Waals surface area contributed by atoms with Crippen LogP contribution in [0.5, 0.6) is 0 Å². The van der Waals surface area contributed by atoms with Gasteiger partial charge in [-0.1, -0.05) is 0 Å². The van der Waals surface area contributed by atoms with Crippen molar-refractivity contribution in [2.24, 2.45) is 0 Å². The lowest BCUT2D eigenvalue weighted by Crippen LogP contribution is -2.19. The number of anilines is 1. The predicted molar refractivity (Wildman–Crippen MR) is 68.8 cm³/mol. The van der Waals surface area contributed by atoms with E-state index in [1.807, 2.05) is 4.72 Å². The standard InChI is InChI=1S/C10H10FN5O4S/c11-8-2-1-7(16-6-12-14-15-16)5-9(8)13-21(19,20)4-3-10(17)18/h1-2,5-6,13H,3-4H2,(H,17,18). The second-order valence-electron chi connectivity index (χ2n) is 3.98. The molecule has 1 aromatic carbocycles. The minimum atomic E-state index is -3.97. The number of sulfonamides is 1. The molecule has 0 saturated heterocycles. The number of hydrogen-bond donors (Lipinski definition) is 2. The lowest BCUT2D eigenvalue weighted by atomic mass is 10.3. The van der Waals surface area contributed by atoms with Gasteiger partial charge >= 0.3 is 5.97 Å². The molecule has 0 bridgehead atoms. The number of benzene rings is 1. The van der Waals surface area contributed by atoms with E-state index >= 15 is 0 Å². The molecule has 0 atom stereocenters. The Balaban J connectivity index is 2.23. The monoisotopic (exact) mass is 315 g/mol. The molecule has 2 rings (SSSR count). The maximum Gasteiger partial charge on any atom is 0.304 e.